The third kappa shape index (κ3) is 2.82. The van der Waals surface area contributed by atoms with Crippen molar-refractivity contribution in [1.82, 2.24) is 9.88 Å². The molecule has 0 bridgehead atoms. The van der Waals surface area contributed by atoms with Crippen LogP contribution < -0.4 is 0 Å². The zero-order valence-electron chi connectivity index (χ0n) is 15.8. The fourth-order valence-electron chi connectivity index (χ4n) is 4.05. The van der Waals surface area contributed by atoms with Crippen molar-refractivity contribution in [2.75, 3.05) is 0 Å². The maximum absolute atomic E-state index is 12.9. The van der Waals surface area contributed by atoms with Gasteiger partial charge in [0, 0.05) is 34.6 Å². The van der Waals surface area contributed by atoms with Crippen molar-refractivity contribution >= 4 is 16.8 Å². The summed E-state index contributed by atoms with van der Waals surface area (Å²) in [5.74, 6) is 0.894. The Bertz CT molecular complexity index is 939. The molecule has 1 saturated carbocycles. The zero-order valence-corrected chi connectivity index (χ0v) is 15.8. The van der Waals surface area contributed by atoms with Gasteiger partial charge in [-0.25, -0.2) is 0 Å². The van der Waals surface area contributed by atoms with Crippen LogP contribution in [-0.4, -0.2) is 15.8 Å². The molecule has 0 radical (unpaired) electrons. The van der Waals surface area contributed by atoms with E-state index in [1.165, 1.54) is 33.3 Å². The molecule has 1 N–H and O–H groups in total. The molecule has 0 saturated heterocycles. The molecule has 2 heterocycles. The number of hydrogen-bond acceptors (Lipinski definition) is 1. The van der Waals surface area contributed by atoms with Crippen LogP contribution in [0.4, 0.5) is 0 Å². The number of hydrogen-bond donors (Lipinski definition) is 1. The average Bonchev–Trinajstić information content (AvgIpc) is 3.24. The summed E-state index contributed by atoms with van der Waals surface area (Å²) in [4.78, 5) is 18.4. The molecule has 2 unspecified atom stereocenters. The first kappa shape index (κ1) is 16.9. The molecule has 2 aliphatic rings. The average molecular weight is 346 g/mol. The van der Waals surface area contributed by atoms with Crippen LogP contribution in [0.15, 0.2) is 48.5 Å². The number of aromatic nitrogens is 1. The normalized spacial score (nSPS) is 20.5. The number of fused-ring (bicyclic) bond motifs is 3. The minimum absolute atomic E-state index is 0.169. The van der Waals surface area contributed by atoms with Gasteiger partial charge in [0.15, 0.2) is 0 Å². The summed E-state index contributed by atoms with van der Waals surface area (Å²) >= 11 is 0. The van der Waals surface area contributed by atoms with Crippen molar-refractivity contribution in [3.8, 4) is 0 Å². The Balaban J connectivity index is 0.000000814. The van der Waals surface area contributed by atoms with Gasteiger partial charge in [0.25, 0.3) is 0 Å². The highest BCUT2D eigenvalue weighted by Gasteiger charge is 2.46. The van der Waals surface area contributed by atoms with Gasteiger partial charge in [-0.15, -0.1) is 0 Å². The maximum atomic E-state index is 12.9. The molecule has 1 fully saturated rings. The summed E-state index contributed by atoms with van der Waals surface area (Å²) in [5, 5.41) is 1.26. The lowest BCUT2D eigenvalue weighted by molar-refractivity contribution is -0.133. The van der Waals surface area contributed by atoms with E-state index >= 15 is 0 Å². The van der Waals surface area contributed by atoms with Gasteiger partial charge in [0.1, 0.15) is 0 Å². The fourth-order valence-corrected chi connectivity index (χ4v) is 4.05. The second-order valence-corrected chi connectivity index (χ2v) is 7.18. The first-order valence-electron chi connectivity index (χ1n) is 9.64. The van der Waals surface area contributed by atoms with Gasteiger partial charge in [-0.2, -0.15) is 0 Å². The van der Waals surface area contributed by atoms with Crippen molar-refractivity contribution in [3.63, 3.8) is 0 Å². The fraction of sp³-hybridized carbons (Fsp3) is 0.348. The van der Waals surface area contributed by atoms with Gasteiger partial charge in [-0.3, -0.25) is 4.79 Å². The number of carbonyl (C=O) groups is 1. The summed E-state index contributed by atoms with van der Waals surface area (Å²) in [5.41, 5.74) is 6.26. The van der Waals surface area contributed by atoms with Crippen molar-refractivity contribution in [3.05, 3.63) is 70.9 Å². The van der Waals surface area contributed by atoms with E-state index in [9.17, 15) is 4.79 Å². The first-order valence-corrected chi connectivity index (χ1v) is 9.64. The van der Waals surface area contributed by atoms with Crippen LogP contribution >= 0.6 is 0 Å². The molecule has 3 nitrogen and oxygen atoms in total. The number of amides is 1. The van der Waals surface area contributed by atoms with E-state index in [1.807, 2.05) is 24.8 Å². The van der Waals surface area contributed by atoms with Gasteiger partial charge in [-0.05, 0) is 30.9 Å². The highest BCUT2D eigenvalue weighted by Crippen LogP contribution is 2.49. The Kier molecular flexibility index (Phi) is 4.31. The summed E-state index contributed by atoms with van der Waals surface area (Å²) in [7, 11) is 0. The highest BCUT2D eigenvalue weighted by atomic mass is 16.2. The molecular weight excluding hydrogens is 320 g/mol. The van der Waals surface area contributed by atoms with Crippen molar-refractivity contribution in [2.45, 2.75) is 46.2 Å². The zero-order chi connectivity index (χ0) is 18.3. The van der Waals surface area contributed by atoms with Gasteiger partial charge >= 0.3 is 0 Å². The van der Waals surface area contributed by atoms with Gasteiger partial charge in [0.2, 0.25) is 5.91 Å². The lowest BCUT2D eigenvalue weighted by atomic mass is 10.1. The van der Waals surface area contributed by atoms with Crippen LogP contribution in [0, 0.1) is 12.8 Å². The molecule has 1 aromatic heterocycles. The van der Waals surface area contributed by atoms with Crippen LogP contribution in [0.5, 0.6) is 0 Å². The molecule has 5 rings (SSSR count). The van der Waals surface area contributed by atoms with Crippen LogP contribution in [-0.2, 0) is 17.9 Å². The van der Waals surface area contributed by atoms with Gasteiger partial charge < -0.3 is 9.88 Å². The van der Waals surface area contributed by atoms with E-state index in [4.69, 9.17) is 0 Å². The molecule has 134 valence electrons. The Hall–Kier alpha value is -2.55. The van der Waals surface area contributed by atoms with Gasteiger partial charge in [-0.1, -0.05) is 61.9 Å². The van der Waals surface area contributed by atoms with Crippen LogP contribution in [0.2, 0.25) is 0 Å². The predicted molar refractivity (Wildman–Crippen MR) is 106 cm³/mol. The summed E-state index contributed by atoms with van der Waals surface area (Å²) in [6.07, 6.45) is 0.993. The SMILES string of the molecule is CC.Cc1ccc(C2CC2C(=O)N2Cc3[nH]c4ccccc4c3C2)cc1. The van der Waals surface area contributed by atoms with E-state index < -0.39 is 0 Å². The number of para-hydroxylation sites is 1. The Labute approximate surface area is 155 Å². The molecule has 2 aromatic carbocycles. The van der Waals surface area contributed by atoms with E-state index in [0.29, 0.717) is 11.8 Å². The standard InChI is InChI=1S/C21H20N2O.C2H6/c1-13-6-8-14(9-7-13)16-10-17(16)21(24)23-11-18-15-4-2-3-5-19(15)22-20(18)12-23;1-2/h2-9,16-17,22H,10-12H2,1H3;1-2H3. The minimum Gasteiger partial charge on any atom is -0.357 e. The van der Waals surface area contributed by atoms with E-state index in [1.54, 1.807) is 0 Å². The molecule has 3 aromatic rings. The van der Waals surface area contributed by atoms with E-state index in [-0.39, 0.29) is 5.92 Å². The summed E-state index contributed by atoms with van der Waals surface area (Å²) < 4.78 is 0. The Morgan fingerprint density at radius 3 is 2.54 bits per heavy atom. The number of carbonyl (C=O) groups excluding carboxylic acids is 1. The lowest BCUT2D eigenvalue weighted by Crippen LogP contribution is -2.27. The molecule has 1 aliphatic carbocycles. The number of aromatic amines is 1. The van der Waals surface area contributed by atoms with Gasteiger partial charge in [0.05, 0.1) is 6.54 Å². The molecule has 3 heteroatoms. The van der Waals surface area contributed by atoms with Crippen molar-refractivity contribution in [2.24, 2.45) is 5.92 Å². The minimum atomic E-state index is 0.169. The topological polar surface area (TPSA) is 36.1 Å². The maximum Gasteiger partial charge on any atom is 0.226 e. The van der Waals surface area contributed by atoms with E-state index in [0.717, 1.165) is 19.5 Å². The van der Waals surface area contributed by atoms with Crippen LogP contribution in [0.3, 0.4) is 0 Å². The highest BCUT2D eigenvalue weighted by molar-refractivity contribution is 5.88. The molecule has 1 amide bonds. The van der Waals surface area contributed by atoms with E-state index in [2.05, 4.69) is 54.4 Å². The third-order valence-corrected chi connectivity index (χ3v) is 5.52. The van der Waals surface area contributed by atoms with Crippen LogP contribution in [0.1, 0.15) is 48.6 Å². The summed E-state index contributed by atoms with van der Waals surface area (Å²) in [6, 6.07) is 17.0. The quantitative estimate of drug-likeness (QED) is 0.684. The summed E-state index contributed by atoms with van der Waals surface area (Å²) in [6.45, 7) is 7.57. The lowest BCUT2D eigenvalue weighted by Gasteiger charge is -2.16. The predicted octanol–water partition coefficient (Wildman–Crippen LogP) is 5.15. The molecule has 0 spiro atoms. The smallest absolute Gasteiger partial charge is 0.226 e. The van der Waals surface area contributed by atoms with Crippen molar-refractivity contribution < 1.29 is 4.79 Å². The number of benzene rings is 2. The number of nitrogens with one attached hydrogen (secondary N) is 1. The number of rotatable bonds is 2. The Morgan fingerprint density at radius 1 is 1.04 bits per heavy atom. The Morgan fingerprint density at radius 2 is 1.77 bits per heavy atom. The molecular formula is C23H26N2O. The number of H-pyrrole nitrogens is 1. The third-order valence-electron chi connectivity index (χ3n) is 5.52. The van der Waals surface area contributed by atoms with Crippen LogP contribution in [0.25, 0.3) is 10.9 Å². The molecule has 26 heavy (non-hydrogen) atoms. The second-order valence-electron chi connectivity index (χ2n) is 7.18. The number of nitrogens with zero attached hydrogens (tertiary/aromatic N) is 1. The monoisotopic (exact) mass is 346 g/mol. The largest absolute Gasteiger partial charge is 0.357 e. The molecule has 2 atom stereocenters. The number of aryl methyl sites for hydroxylation is 1. The second kappa shape index (κ2) is 6.64. The van der Waals surface area contributed by atoms with Crippen molar-refractivity contribution in [1.29, 1.82) is 0 Å². The first-order chi connectivity index (χ1) is 12.7. The molecule has 1 aliphatic heterocycles.